The van der Waals surface area contributed by atoms with E-state index in [9.17, 15) is 0 Å². The minimum absolute atomic E-state index is 0.833. The molecule has 1 N–H and O–H groups in total. The molecule has 6 nitrogen and oxygen atoms in total. The van der Waals surface area contributed by atoms with Crippen LogP contribution in [0.2, 0.25) is 0 Å². The molecule has 102 valence electrons. The van der Waals surface area contributed by atoms with E-state index in [4.69, 9.17) is 0 Å². The lowest BCUT2D eigenvalue weighted by Crippen LogP contribution is -1.97. The van der Waals surface area contributed by atoms with Crippen LogP contribution >= 0.6 is 0 Å². The molecule has 0 fully saturated rings. The molecule has 4 aromatic rings. The van der Waals surface area contributed by atoms with E-state index in [0.717, 1.165) is 33.9 Å². The Morgan fingerprint density at radius 2 is 2.00 bits per heavy atom. The van der Waals surface area contributed by atoms with Gasteiger partial charge in [-0.1, -0.05) is 6.07 Å². The fourth-order valence-electron chi connectivity index (χ4n) is 2.50. The highest BCUT2D eigenvalue weighted by atomic mass is 15.3. The summed E-state index contributed by atoms with van der Waals surface area (Å²) in [5.74, 6) is 0. The summed E-state index contributed by atoms with van der Waals surface area (Å²) in [6, 6.07) is 9.80. The van der Waals surface area contributed by atoms with Crippen molar-refractivity contribution in [1.82, 2.24) is 29.8 Å². The summed E-state index contributed by atoms with van der Waals surface area (Å²) in [5, 5.41) is 11.5. The maximum Gasteiger partial charge on any atom is 0.155 e. The number of fused-ring (bicyclic) bond motifs is 1. The van der Waals surface area contributed by atoms with Gasteiger partial charge in [0.25, 0.3) is 0 Å². The van der Waals surface area contributed by atoms with E-state index in [2.05, 4.69) is 25.3 Å². The van der Waals surface area contributed by atoms with Crippen molar-refractivity contribution in [2.24, 2.45) is 0 Å². The highest BCUT2D eigenvalue weighted by Crippen LogP contribution is 2.31. The summed E-state index contributed by atoms with van der Waals surface area (Å²) >= 11 is 0. The van der Waals surface area contributed by atoms with E-state index in [1.165, 1.54) is 0 Å². The molecule has 4 rings (SSSR count). The van der Waals surface area contributed by atoms with Crippen molar-refractivity contribution in [2.75, 3.05) is 0 Å². The smallest absolute Gasteiger partial charge is 0.155 e. The summed E-state index contributed by atoms with van der Waals surface area (Å²) in [6.45, 7) is 2.02. The number of H-pyrrole nitrogens is 1. The van der Waals surface area contributed by atoms with Gasteiger partial charge in [0.05, 0.1) is 17.6 Å². The maximum atomic E-state index is 4.38. The van der Waals surface area contributed by atoms with Crippen molar-refractivity contribution >= 4 is 5.65 Å². The van der Waals surface area contributed by atoms with Crippen LogP contribution in [-0.4, -0.2) is 29.8 Å². The van der Waals surface area contributed by atoms with Crippen LogP contribution in [-0.2, 0) is 0 Å². The van der Waals surface area contributed by atoms with E-state index in [0.29, 0.717) is 0 Å². The van der Waals surface area contributed by atoms with Crippen molar-refractivity contribution in [3.05, 3.63) is 54.7 Å². The second kappa shape index (κ2) is 4.52. The number of aromatic nitrogens is 6. The first-order valence-electron chi connectivity index (χ1n) is 6.59. The van der Waals surface area contributed by atoms with Crippen LogP contribution in [0.5, 0.6) is 0 Å². The summed E-state index contributed by atoms with van der Waals surface area (Å²) in [6.07, 6.45) is 5.14. The summed E-state index contributed by atoms with van der Waals surface area (Å²) in [4.78, 5) is 8.58. The van der Waals surface area contributed by atoms with Crippen molar-refractivity contribution < 1.29 is 0 Å². The Morgan fingerprint density at radius 3 is 2.86 bits per heavy atom. The lowest BCUT2D eigenvalue weighted by atomic mass is 10.0. The predicted octanol–water partition coefficient (Wildman–Crippen LogP) is 2.49. The molecule has 4 aromatic heterocycles. The summed E-state index contributed by atoms with van der Waals surface area (Å²) in [7, 11) is 0. The zero-order chi connectivity index (χ0) is 14.2. The summed E-state index contributed by atoms with van der Waals surface area (Å²) < 4.78 is 1.82. The molecule has 0 radical (unpaired) electrons. The average Bonchev–Trinajstić information content (AvgIpc) is 3.17. The lowest BCUT2D eigenvalue weighted by molar-refractivity contribution is 0.917. The Balaban J connectivity index is 1.94. The van der Waals surface area contributed by atoms with Crippen LogP contribution in [0, 0.1) is 6.92 Å². The molecule has 0 amide bonds. The standard InChI is InChI=1S/C15H12N6/c1-10-11(5-6-14-17-9-19-21(10)14)12-8-18-20-15(12)13-4-2-3-7-16-13/h2-9H,1H3,(H,18,20). The molecular formula is C15H12N6. The Bertz CT molecular complexity index is 906. The van der Waals surface area contributed by atoms with E-state index in [-0.39, 0.29) is 0 Å². The maximum absolute atomic E-state index is 4.38. The van der Waals surface area contributed by atoms with Crippen molar-refractivity contribution in [3.8, 4) is 22.5 Å². The monoisotopic (exact) mass is 276 g/mol. The molecule has 0 aliphatic heterocycles. The van der Waals surface area contributed by atoms with Gasteiger partial charge >= 0.3 is 0 Å². The van der Waals surface area contributed by atoms with Crippen molar-refractivity contribution in [1.29, 1.82) is 0 Å². The summed E-state index contributed by atoms with van der Waals surface area (Å²) in [5.41, 5.74) is 5.68. The van der Waals surface area contributed by atoms with Crippen LogP contribution in [0.15, 0.2) is 49.1 Å². The van der Waals surface area contributed by atoms with E-state index >= 15 is 0 Å². The number of hydrogen-bond donors (Lipinski definition) is 1. The van der Waals surface area contributed by atoms with E-state index in [1.54, 1.807) is 12.5 Å². The third kappa shape index (κ3) is 1.80. The molecule has 0 aliphatic rings. The normalized spacial score (nSPS) is 11.1. The number of aryl methyl sites for hydroxylation is 1. The van der Waals surface area contributed by atoms with E-state index < -0.39 is 0 Å². The molecule has 0 aliphatic carbocycles. The van der Waals surface area contributed by atoms with Gasteiger partial charge in [0.15, 0.2) is 5.65 Å². The van der Waals surface area contributed by atoms with Crippen LogP contribution < -0.4 is 0 Å². The largest absolute Gasteiger partial charge is 0.276 e. The highest BCUT2D eigenvalue weighted by molar-refractivity contribution is 5.80. The van der Waals surface area contributed by atoms with Crippen molar-refractivity contribution in [3.63, 3.8) is 0 Å². The third-order valence-corrected chi connectivity index (χ3v) is 3.53. The van der Waals surface area contributed by atoms with Gasteiger partial charge in [-0.05, 0) is 31.2 Å². The highest BCUT2D eigenvalue weighted by Gasteiger charge is 2.14. The van der Waals surface area contributed by atoms with Gasteiger partial charge in [-0.2, -0.15) is 10.2 Å². The van der Waals surface area contributed by atoms with Crippen LogP contribution in [0.1, 0.15) is 5.69 Å². The Kier molecular flexibility index (Phi) is 2.53. The minimum Gasteiger partial charge on any atom is -0.276 e. The van der Waals surface area contributed by atoms with Gasteiger partial charge in [0, 0.05) is 23.0 Å². The first-order chi connectivity index (χ1) is 10.3. The molecule has 0 saturated heterocycles. The molecule has 6 heteroatoms. The first-order valence-corrected chi connectivity index (χ1v) is 6.59. The Labute approximate surface area is 120 Å². The molecular weight excluding hydrogens is 264 g/mol. The van der Waals surface area contributed by atoms with Gasteiger partial charge in [-0.15, -0.1) is 0 Å². The number of nitrogens with one attached hydrogen (secondary N) is 1. The second-order valence-electron chi connectivity index (χ2n) is 4.74. The van der Waals surface area contributed by atoms with Gasteiger partial charge in [-0.3, -0.25) is 10.1 Å². The molecule has 0 saturated carbocycles. The zero-order valence-corrected chi connectivity index (χ0v) is 11.4. The van der Waals surface area contributed by atoms with Gasteiger partial charge < -0.3 is 0 Å². The van der Waals surface area contributed by atoms with Crippen molar-refractivity contribution in [2.45, 2.75) is 6.92 Å². The van der Waals surface area contributed by atoms with Crippen LogP contribution in [0.3, 0.4) is 0 Å². The van der Waals surface area contributed by atoms with Gasteiger partial charge in [0.1, 0.15) is 6.33 Å². The zero-order valence-electron chi connectivity index (χ0n) is 11.4. The average molecular weight is 276 g/mol. The minimum atomic E-state index is 0.833. The molecule has 0 spiro atoms. The number of aromatic amines is 1. The molecule has 0 atom stereocenters. The third-order valence-electron chi connectivity index (χ3n) is 3.53. The second-order valence-corrected chi connectivity index (χ2v) is 4.74. The number of rotatable bonds is 2. The molecule has 0 bridgehead atoms. The van der Waals surface area contributed by atoms with E-state index in [1.807, 2.05) is 48.0 Å². The van der Waals surface area contributed by atoms with Gasteiger partial charge in [0.2, 0.25) is 0 Å². The van der Waals surface area contributed by atoms with Gasteiger partial charge in [-0.25, -0.2) is 9.50 Å². The quantitative estimate of drug-likeness (QED) is 0.610. The molecule has 4 heterocycles. The molecule has 0 unspecified atom stereocenters. The Hall–Kier alpha value is -3.02. The first kappa shape index (κ1) is 11.8. The number of nitrogens with zero attached hydrogens (tertiary/aromatic N) is 5. The molecule has 0 aromatic carbocycles. The number of hydrogen-bond acceptors (Lipinski definition) is 4. The Morgan fingerprint density at radius 1 is 1.05 bits per heavy atom. The SMILES string of the molecule is Cc1c(-c2cn[nH]c2-c2ccccn2)ccc2ncnn12. The number of pyridine rings is 2. The topological polar surface area (TPSA) is 71.8 Å². The fourth-order valence-corrected chi connectivity index (χ4v) is 2.50. The lowest BCUT2D eigenvalue weighted by Gasteiger charge is -2.07. The predicted molar refractivity (Wildman–Crippen MR) is 78.5 cm³/mol. The molecule has 21 heavy (non-hydrogen) atoms. The fraction of sp³-hybridized carbons (Fsp3) is 0.0667. The van der Waals surface area contributed by atoms with Crippen LogP contribution in [0.25, 0.3) is 28.2 Å². The van der Waals surface area contributed by atoms with Crippen LogP contribution in [0.4, 0.5) is 0 Å².